The van der Waals surface area contributed by atoms with E-state index in [0.29, 0.717) is 42.7 Å². The van der Waals surface area contributed by atoms with Gasteiger partial charge in [-0.1, -0.05) is 17.7 Å². The second-order valence-corrected chi connectivity index (χ2v) is 9.61. The Balaban J connectivity index is 1.62. The van der Waals surface area contributed by atoms with Crippen LogP contribution < -0.4 is 14.4 Å². The minimum Gasteiger partial charge on any atom is -0.493 e. The Morgan fingerprint density at radius 2 is 1.71 bits per heavy atom. The Morgan fingerprint density at radius 1 is 1.03 bits per heavy atom. The summed E-state index contributed by atoms with van der Waals surface area (Å²) in [7, 11) is 0.442. The summed E-state index contributed by atoms with van der Waals surface area (Å²) in [4.78, 5) is 16.6. The van der Waals surface area contributed by atoms with Crippen molar-refractivity contribution in [2.45, 2.75) is 4.90 Å². The van der Waals surface area contributed by atoms with E-state index in [9.17, 15) is 13.2 Å². The van der Waals surface area contributed by atoms with Gasteiger partial charge in [-0.15, -0.1) is 0 Å². The molecule has 0 atom stereocenters. The lowest BCUT2D eigenvalue weighted by Gasteiger charge is -2.36. The summed E-state index contributed by atoms with van der Waals surface area (Å²) in [5, 5.41) is 0.665. The molecule has 0 spiro atoms. The first-order valence-corrected chi connectivity index (χ1v) is 11.5. The highest BCUT2D eigenvalue weighted by atomic mass is 35.5. The molecule has 8 nitrogen and oxygen atoms in total. The maximum absolute atomic E-state index is 12.9. The summed E-state index contributed by atoms with van der Waals surface area (Å²) >= 11 is 6.06. The molecule has 1 amide bonds. The number of sulfonamides is 1. The number of hydrogen-bond acceptors (Lipinski definition) is 6. The first-order chi connectivity index (χ1) is 14.8. The van der Waals surface area contributed by atoms with Gasteiger partial charge in [0.1, 0.15) is 0 Å². The molecule has 0 N–H and O–H groups in total. The molecule has 0 unspecified atom stereocenters. The molecule has 0 aromatic heterocycles. The van der Waals surface area contributed by atoms with Crippen LogP contribution in [0.15, 0.2) is 47.4 Å². The van der Waals surface area contributed by atoms with Crippen molar-refractivity contribution in [1.29, 1.82) is 0 Å². The van der Waals surface area contributed by atoms with E-state index < -0.39 is 10.0 Å². The highest BCUT2D eigenvalue weighted by Crippen LogP contribution is 2.30. The second kappa shape index (κ2) is 9.76. The van der Waals surface area contributed by atoms with E-state index in [-0.39, 0.29) is 17.3 Å². The molecule has 10 heteroatoms. The van der Waals surface area contributed by atoms with Crippen LogP contribution in [0.25, 0.3) is 0 Å². The summed E-state index contributed by atoms with van der Waals surface area (Å²) in [6.45, 7) is 2.08. The van der Waals surface area contributed by atoms with E-state index in [4.69, 9.17) is 21.1 Å². The maximum Gasteiger partial charge on any atom is 0.243 e. The number of rotatable bonds is 7. The number of piperazine rings is 1. The van der Waals surface area contributed by atoms with E-state index in [0.717, 1.165) is 9.99 Å². The average Bonchev–Trinajstić information content (AvgIpc) is 2.78. The topological polar surface area (TPSA) is 79.4 Å². The third-order valence-corrected chi connectivity index (χ3v) is 7.26. The van der Waals surface area contributed by atoms with Crippen molar-refractivity contribution in [3.8, 4) is 11.5 Å². The third kappa shape index (κ3) is 5.23. The van der Waals surface area contributed by atoms with Gasteiger partial charge >= 0.3 is 0 Å². The molecule has 1 aliphatic rings. The number of ether oxygens (including phenoxy) is 2. The fourth-order valence-electron chi connectivity index (χ4n) is 3.42. The van der Waals surface area contributed by atoms with Crippen LogP contribution in [0.2, 0.25) is 5.02 Å². The van der Waals surface area contributed by atoms with Crippen molar-refractivity contribution in [3.05, 3.63) is 47.5 Å². The summed E-state index contributed by atoms with van der Waals surface area (Å²) in [6, 6.07) is 11.9. The lowest BCUT2D eigenvalue weighted by molar-refractivity contribution is -0.131. The van der Waals surface area contributed by atoms with Crippen molar-refractivity contribution in [1.82, 2.24) is 9.21 Å². The molecule has 1 aliphatic heterocycles. The van der Waals surface area contributed by atoms with E-state index in [1.807, 2.05) is 24.3 Å². The van der Waals surface area contributed by atoms with E-state index in [2.05, 4.69) is 4.90 Å². The quantitative estimate of drug-likeness (QED) is 0.621. The van der Waals surface area contributed by atoms with Crippen molar-refractivity contribution >= 4 is 33.2 Å². The number of likely N-dealkylation sites (N-methyl/N-ethyl adjacent to an activating group) is 1. The van der Waals surface area contributed by atoms with Crippen LogP contribution in [0.5, 0.6) is 11.5 Å². The second-order valence-electron chi connectivity index (χ2n) is 7.13. The van der Waals surface area contributed by atoms with Crippen LogP contribution in [-0.4, -0.2) is 77.5 Å². The third-order valence-electron chi connectivity index (χ3n) is 5.23. The lowest BCUT2D eigenvalue weighted by atomic mass is 10.2. The Kier molecular flexibility index (Phi) is 7.30. The van der Waals surface area contributed by atoms with Crippen molar-refractivity contribution < 1.29 is 22.7 Å². The van der Waals surface area contributed by atoms with Crippen molar-refractivity contribution in [3.63, 3.8) is 0 Å². The van der Waals surface area contributed by atoms with Crippen LogP contribution in [0.4, 0.5) is 5.69 Å². The molecule has 1 saturated heterocycles. The number of methoxy groups -OCH3 is 2. The average molecular weight is 468 g/mol. The highest BCUT2D eigenvalue weighted by Gasteiger charge is 2.28. The van der Waals surface area contributed by atoms with E-state index >= 15 is 0 Å². The van der Waals surface area contributed by atoms with Gasteiger partial charge in [-0.05, 0) is 30.3 Å². The van der Waals surface area contributed by atoms with Crippen LogP contribution in [-0.2, 0) is 14.8 Å². The summed E-state index contributed by atoms with van der Waals surface area (Å²) in [6.07, 6.45) is 0. The van der Waals surface area contributed by atoms with Gasteiger partial charge in [0.05, 0.1) is 25.7 Å². The Labute approximate surface area is 187 Å². The van der Waals surface area contributed by atoms with Crippen molar-refractivity contribution in [2.24, 2.45) is 0 Å². The highest BCUT2D eigenvalue weighted by molar-refractivity contribution is 7.89. The molecule has 168 valence electrons. The largest absolute Gasteiger partial charge is 0.493 e. The minimum atomic E-state index is -3.86. The molecular weight excluding hydrogens is 442 g/mol. The zero-order valence-corrected chi connectivity index (χ0v) is 19.3. The SMILES string of the molecule is COc1ccc(S(=O)(=O)N(C)CC(=O)N2CCN(c3cccc(Cl)c3)CC2)cc1OC. The Morgan fingerprint density at radius 3 is 2.32 bits per heavy atom. The molecule has 1 fully saturated rings. The number of nitrogens with zero attached hydrogens (tertiary/aromatic N) is 3. The number of benzene rings is 2. The summed E-state index contributed by atoms with van der Waals surface area (Å²) < 4.78 is 37.2. The standard InChI is InChI=1S/C21H26ClN3O5S/c1-23(31(27,28)18-7-8-19(29-2)20(14-18)30-3)15-21(26)25-11-9-24(10-12-25)17-6-4-5-16(22)13-17/h4-8,13-14H,9-12,15H2,1-3H3. The van der Waals surface area contributed by atoms with Gasteiger partial charge in [0, 0.05) is 50.0 Å². The fourth-order valence-corrected chi connectivity index (χ4v) is 4.74. The summed E-state index contributed by atoms with van der Waals surface area (Å²) in [5.74, 6) is 0.496. The van der Waals surface area contributed by atoms with Crippen molar-refractivity contribution in [2.75, 3.05) is 58.9 Å². The number of carbonyl (C=O) groups excluding carboxylic acids is 1. The summed E-state index contributed by atoms with van der Waals surface area (Å²) in [5.41, 5.74) is 1.01. The predicted molar refractivity (Wildman–Crippen MR) is 120 cm³/mol. The van der Waals surface area contributed by atoms with Crippen LogP contribution >= 0.6 is 11.6 Å². The molecule has 1 heterocycles. The predicted octanol–water partition coefficient (Wildman–Crippen LogP) is 2.33. The molecule has 0 saturated carbocycles. The van der Waals surface area contributed by atoms with Gasteiger partial charge < -0.3 is 19.3 Å². The molecule has 0 bridgehead atoms. The lowest BCUT2D eigenvalue weighted by Crippen LogP contribution is -2.51. The van der Waals surface area contributed by atoms with Gasteiger partial charge in [-0.3, -0.25) is 4.79 Å². The number of amides is 1. The maximum atomic E-state index is 12.9. The molecule has 3 rings (SSSR count). The normalized spacial score (nSPS) is 14.6. The van der Waals surface area contributed by atoms with Gasteiger partial charge in [-0.25, -0.2) is 8.42 Å². The van der Waals surface area contributed by atoms with Crippen LogP contribution in [0, 0.1) is 0 Å². The fraction of sp³-hybridized carbons (Fsp3) is 0.381. The first kappa shape index (κ1) is 23.2. The molecule has 2 aromatic rings. The van der Waals surface area contributed by atoms with E-state index in [1.165, 1.54) is 39.5 Å². The number of hydrogen-bond donors (Lipinski definition) is 0. The smallest absolute Gasteiger partial charge is 0.243 e. The number of carbonyl (C=O) groups is 1. The van der Waals surface area contributed by atoms with Gasteiger partial charge in [0.25, 0.3) is 0 Å². The monoisotopic (exact) mass is 467 g/mol. The zero-order chi connectivity index (χ0) is 22.6. The van der Waals surface area contributed by atoms with Gasteiger partial charge in [-0.2, -0.15) is 4.31 Å². The van der Waals surface area contributed by atoms with Crippen LogP contribution in [0.3, 0.4) is 0 Å². The number of halogens is 1. The first-order valence-electron chi connectivity index (χ1n) is 9.73. The Bertz CT molecular complexity index is 1040. The van der Waals surface area contributed by atoms with Crippen LogP contribution in [0.1, 0.15) is 0 Å². The Hall–Kier alpha value is -2.49. The van der Waals surface area contributed by atoms with Gasteiger partial charge in [0.15, 0.2) is 11.5 Å². The molecule has 31 heavy (non-hydrogen) atoms. The molecule has 2 aromatic carbocycles. The van der Waals surface area contributed by atoms with E-state index in [1.54, 1.807) is 4.90 Å². The number of anilines is 1. The molecule has 0 aliphatic carbocycles. The molecular formula is C21H26ClN3O5S. The minimum absolute atomic E-state index is 0.0335. The van der Waals surface area contributed by atoms with Gasteiger partial charge in [0.2, 0.25) is 15.9 Å². The molecule has 0 radical (unpaired) electrons. The zero-order valence-electron chi connectivity index (χ0n) is 17.7.